The van der Waals surface area contributed by atoms with E-state index < -0.39 is 0 Å². The number of nitrogens with zero attached hydrogens (tertiary/aromatic N) is 2. The Hall–Kier alpha value is -2.53. The number of hydrogen-bond acceptors (Lipinski definition) is 3. The van der Waals surface area contributed by atoms with Crippen molar-refractivity contribution >= 4 is 28.8 Å². The molecule has 0 aliphatic carbocycles. The summed E-state index contributed by atoms with van der Waals surface area (Å²) in [5.41, 5.74) is 2.05. The van der Waals surface area contributed by atoms with Gasteiger partial charge < -0.3 is 14.5 Å². The molecule has 0 spiro atoms. The summed E-state index contributed by atoms with van der Waals surface area (Å²) in [5, 5.41) is 3.33. The van der Waals surface area contributed by atoms with Crippen LogP contribution in [0.1, 0.15) is 5.69 Å². The predicted octanol–water partition coefficient (Wildman–Crippen LogP) is 3.18. The van der Waals surface area contributed by atoms with Crippen LogP contribution in [0.2, 0.25) is 5.02 Å². The Morgan fingerprint density at radius 1 is 1.36 bits per heavy atom. The number of hydrogen-bond donors (Lipinski definition) is 1. The van der Waals surface area contributed by atoms with E-state index in [-0.39, 0.29) is 12.3 Å². The van der Waals surface area contributed by atoms with Crippen molar-refractivity contribution in [3.05, 3.63) is 59.5 Å². The first-order chi connectivity index (χ1) is 10.7. The first-order valence-electron chi connectivity index (χ1n) is 6.72. The van der Waals surface area contributed by atoms with Gasteiger partial charge in [0.25, 0.3) is 0 Å². The molecule has 0 bridgehead atoms. The molecule has 0 aliphatic heterocycles. The average Bonchev–Trinajstić information content (AvgIpc) is 2.89. The standard InChI is InChI=1S/C16H14ClN3O2/c1-22-14-6-5-11(17)8-13(14)19-16(21)9-12-10-20-7-3-2-4-15(20)18-12/h2-8,10H,9H2,1H3,(H,19,21). The third kappa shape index (κ3) is 3.04. The number of nitrogens with one attached hydrogen (secondary N) is 1. The molecule has 6 heteroatoms. The topological polar surface area (TPSA) is 55.6 Å². The van der Waals surface area contributed by atoms with Crippen molar-refractivity contribution in [3.63, 3.8) is 0 Å². The number of methoxy groups -OCH3 is 1. The predicted molar refractivity (Wildman–Crippen MR) is 85.5 cm³/mol. The summed E-state index contributed by atoms with van der Waals surface area (Å²) >= 11 is 5.95. The Balaban J connectivity index is 1.76. The average molecular weight is 316 g/mol. The number of pyridine rings is 1. The highest BCUT2D eigenvalue weighted by Gasteiger charge is 2.11. The minimum Gasteiger partial charge on any atom is -0.495 e. The number of rotatable bonds is 4. The van der Waals surface area contributed by atoms with Crippen LogP contribution in [0.4, 0.5) is 5.69 Å². The summed E-state index contributed by atoms with van der Waals surface area (Å²) in [5.74, 6) is 0.386. The van der Waals surface area contributed by atoms with Gasteiger partial charge in [-0.05, 0) is 30.3 Å². The maximum absolute atomic E-state index is 12.2. The number of benzene rings is 1. The second-order valence-electron chi connectivity index (χ2n) is 4.77. The van der Waals surface area contributed by atoms with Crippen LogP contribution >= 0.6 is 11.6 Å². The van der Waals surface area contributed by atoms with Gasteiger partial charge in [-0.25, -0.2) is 4.98 Å². The minimum atomic E-state index is -0.177. The first-order valence-corrected chi connectivity index (χ1v) is 7.09. The van der Waals surface area contributed by atoms with Crippen LogP contribution in [0.25, 0.3) is 5.65 Å². The molecule has 3 aromatic rings. The zero-order chi connectivity index (χ0) is 15.5. The molecule has 1 aromatic carbocycles. The summed E-state index contributed by atoms with van der Waals surface area (Å²) in [6, 6.07) is 10.8. The number of carbonyl (C=O) groups is 1. The number of fused-ring (bicyclic) bond motifs is 1. The summed E-state index contributed by atoms with van der Waals surface area (Å²) in [7, 11) is 1.54. The molecule has 0 aliphatic rings. The van der Waals surface area contributed by atoms with E-state index in [9.17, 15) is 4.79 Å². The fourth-order valence-corrected chi connectivity index (χ4v) is 2.38. The summed E-state index contributed by atoms with van der Waals surface area (Å²) in [6.07, 6.45) is 3.91. The van der Waals surface area contributed by atoms with Gasteiger partial charge in [0.05, 0.1) is 24.9 Å². The van der Waals surface area contributed by atoms with Crippen LogP contribution < -0.4 is 10.1 Å². The molecule has 22 heavy (non-hydrogen) atoms. The van der Waals surface area contributed by atoms with Crippen molar-refractivity contribution in [3.8, 4) is 5.75 Å². The van der Waals surface area contributed by atoms with Crippen molar-refractivity contribution in [2.75, 3.05) is 12.4 Å². The smallest absolute Gasteiger partial charge is 0.230 e. The van der Waals surface area contributed by atoms with Gasteiger partial charge in [-0.3, -0.25) is 4.79 Å². The summed E-state index contributed by atoms with van der Waals surface area (Å²) < 4.78 is 7.08. The van der Waals surface area contributed by atoms with Gasteiger partial charge in [-0.15, -0.1) is 0 Å². The molecule has 0 unspecified atom stereocenters. The number of ether oxygens (including phenoxy) is 1. The Morgan fingerprint density at radius 3 is 3.00 bits per heavy atom. The maximum atomic E-state index is 12.2. The highest BCUT2D eigenvalue weighted by molar-refractivity contribution is 6.31. The van der Waals surface area contributed by atoms with Gasteiger partial charge >= 0.3 is 0 Å². The van der Waals surface area contributed by atoms with Gasteiger partial charge in [-0.1, -0.05) is 17.7 Å². The third-order valence-corrected chi connectivity index (χ3v) is 3.43. The van der Waals surface area contributed by atoms with E-state index in [4.69, 9.17) is 16.3 Å². The normalized spacial score (nSPS) is 10.6. The molecule has 0 radical (unpaired) electrons. The quantitative estimate of drug-likeness (QED) is 0.804. The van der Waals surface area contributed by atoms with Gasteiger partial charge in [0.2, 0.25) is 5.91 Å². The third-order valence-electron chi connectivity index (χ3n) is 3.19. The summed E-state index contributed by atoms with van der Waals surface area (Å²) in [4.78, 5) is 16.6. The van der Waals surface area contributed by atoms with E-state index in [1.54, 1.807) is 25.3 Å². The zero-order valence-electron chi connectivity index (χ0n) is 11.9. The maximum Gasteiger partial charge on any atom is 0.230 e. The largest absolute Gasteiger partial charge is 0.495 e. The number of aromatic nitrogens is 2. The van der Waals surface area contributed by atoms with Gasteiger partial charge in [0, 0.05) is 17.4 Å². The van der Waals surface area contributed by atoms with E-state index >= 15 is 0 Å². The Bertz CT molecular complexity index is 796. The van der Waals surface area contributed by atoms with Crippen LogP contribution in [0.15, 0.2) is 48.8 Å². The number of imidazole rings is 1. The SMILES string of the molecule is COc1ccc(Cl)cc1NC(=O)Cc1cn2ccccc2n1. The highest BCUT2D eigenvalue weighted by Crippen LogP contribution is 2.27. The summed E-state index contributed by atoms with van der Waals surface area (Å²) in [6.45, 7) is 0. The van der Waals surface area contributed by atoms with Crippen molar-refractivity contribution in [2.24, 2.45) is 0 Å². The molecule has 0 saturated heterocycles. The number of halogens is 1. The van der Waals surface area contributed by atoms with E-state index in [0.717, 1.165) is 5.65 Å². The van der Waals surface area contributed by atoms with Crippen molar-refractivity contribution in [2.45, 2.75) is 6.42 Å². The molecule has 1 N–H and O–H groups in total. The molecular weight excluding hydrogens is 302 g/mol. The molecule has 0 atom stereocenters. The zero-order valence-corrected chi connectivity index (χ0v) is 12.7. The molecular formula is C16H14ClN3O2. The minimum absolute atomic E-state index is 0.177. The highest BCUT2D eigenvalue weighted by atomic mass is 35.5. The number of carbonyl (C=O) groups excluding carboxylic acids is 1. The molecule has 1 amide bonds. The molecule has 3 rings (SSSR count). The number of anilines is 1. The van der Waals surface area contributed by atoms with E-state index in [1.165, 1.54) is 0 Å². The Kier molecular flexibility index (Phi) is 3.98. The van der Waals surface area contributed by atoms with E-state index in [1.807, 2.05) is 35.0 Å². The lowest BCUT2D eigenvalue weighted by Gasteiger charge is -2.09. The van der Waals surface area contributed by atoms with Crippen LogP contribution in [0, 0.1) is 0 Å². The Labute approximate surface area is 132 Å². The van der Waals surface area contributed by atoms with Crippen molar-refractivity contribution < 1.29 is 9.53 Å². The molecule has 0 fully saturated rings. The van der Waals surface area contributed by atoms with Crippen LogP contribution in [-0.2, 0) is 11.2 Å². The Morgan fingerprint density at radius 2 is 2.23 bits per heavy atom. The lowest BCUT2D eigenvalue weighted by molar-refractivity contribution is -0.115. The van der Waals surface area contributed by atoms with Crippen LogP contribution in [-0.4, -0.2) is 22.4 Å². The lowest BCUT2D eigenvalue weighted by atomic mass is 10.2. The monoisotopic (exact) mass is 315 g/mol. The van der Waals surface area contributed by atoms with E-state index in [0.29, 0.717) is 22.2 Å². The lowest BCUT2D eigenvalue weighted by Crippen LogP contribution is -2.15. The van der Waals surface area contributed by atoms with Crippen LogP contribution in [0.3, 0.4) is 0 Å². The van der Waals surface area contributed by atoms with Gasteiger partial charge in [-0.2, -0.15) is 0 Å². The number of amides is 1. The van der Waals surface area contributed by atoms with Gasteiger partial charge in [0.1, 0.15) is 11.4 Å². The molecule has 2 heterocycles. The van der Waals surface area contributed by atoms with Crippen LogP contribution in [0.5, 0.6) is 5.75 Å². The van der Waals surface area contributed by atoms with Crippen molar-refractivity contribution in [1.29, 1.82) is 0 Å². The second-order valence-corrected chi connectivity index (χ2v) is 5.20. The fraction of sp³-hybridized carbons (Fsp3) is 0.125. The van der Waals surface area contributed by atoms with Crippen molar-refractivity contribution in [1.82, 2.24) is 9.38 Å². The first kappa shape index (κ1) is 14.4. The fourth-order valence-electron chi connectivity index (χ4n) is 2.21. The molecule has 0 saturated carbocycles. The molecule has 2 aromatic heterocycles. The van der Waals surface area contributed by atoms with E-state index in [2.05, 4.69) is 10.3 Å². The van der Waals surface area contributed by atoms with Gasteiger partial charge in [0.15, 0.2) is 0 Å². The molecule has 112 valence electrons. The molecule has 5 nitrogen and oxygen atoms in total. The second kappa shape index (κ2) is 6.07.